The third kappa shape index (κ3) is 4.16. The van der Waals surface area contributed by atoms with Gasteiger partial charge in [0.2, 0.25) is 0 Å². The molecular weight excluding hydrogens is 423 g/mol. The first-order chi connectivity index (χ1) is 15.1. The minimum Gasteiger partial charge on any atom is -0.313 e. The second-order valence-electron chi connectivity index (χ2n) is 8.32. The highest BCUT2D eigenvalue weighted by molar-refractivity contribution is 6.30. The van der Waals surface area contributed by atoms with Gasteiger partial charge in [-0.15, -0.1) is 0 Å². The molecule has 4 heteroatoms. The molecule has 0 fully saturated rings. The van der Waals surface area contributed by atoms with E-state index in [-0.39, 0.29) is 0 Å². The van der Waals surface area contributed by atoms with E-state index in [4.69, 9.17) is 23.2 Å². The Morgan fingerprint density at radius 2 is 1.48 bits per heavy atom. The van der Waals surface area contributed by atoms with E-state index >= 15 is 0 Å². The number of hydrogen-bond donors (Lipinski definition) is 0. The zero-order valence-corrected chi connectivity index (χ0v) is 18.9. The molecule has 0 spiro atoms. The summed E-state index contributed by atoms with van der Waals surface area (Å²) in [6.07, 6.45) is 0. The largest absolute Gasteiger partial charge is 0.313 e. The maximum Gasteiger partial charge on any atom is 0.0534 e. The van der Waals surface area contributed by atoms with Crippen LogP contribution >= 0.6 is 23.2 Å². The second-order valence-corrected chi connectivity index (χ2v) is 9.19. The summed E-state index contributed by atoms with van der Waals surface area (Å²) in [4.78, 5) is 2.54. The van der Waals surface area contributed by atoms with Crippen molar-refractivity contribution in [3.8, 4) is 16.9 Å². The lowest BCUT2D eigenvalue weighted by Gasteiger charge is -2.32. The standard InChI is InChI=1S/C27H24Cl2N2/c1-19-16-30(17-20-5-3-2-4-6-20)18-22-15-26(21-7-9-23(28)10-8-21)31(27(19)22)25-13-11-24(29)12-14-25/h2-15,19H,16-18H2,1H3. The highest BCUT2D eigenvalue weighted by Gasteiger charge is 2.28. The van der Waals surface area contributed by atoms with Crippen LogP contribution in [0.2, 0.25) is 10.0 Å². The van der Waals surface area contributed by atoms with Gasteiger partial charge in [0, 0.05) is 47.0 Å². The quantitative estimate of drug-likeness (QED) is 0.313. The zero-order valence-electron chi connectivity index (χ0n) is 17.4. The predicted molar refractivity (Wildman–Crippen MR) is 130 cm³/mol. The normalized spacial score (nSPS) is 16.3. The van der Waals surface area contributed by atoms with E-state index < -0.39 is 0 Å². The first kappa shape index (κ1) is 20.4. The lowest BCUT2D eigenvalue weighted by molar-refractivity contribution is 0.224. The molecular formula is C27H24Cl2N2. The lowest BCUT2D eigenvalue weighted by atomic mass is 9.97. The monoisotopic (exact) mass is 446 g/mol. The van der Waals surface area contributed by atoms with Gasteiger partial charge in [0.15, 0.2) is 0 Å². The van der Waals surface area contributed by atoms with Crippen LogP contribution in [0.4, 0.5) is 0 Å². The van der Waals surface area contributed by atoms with Crippen molar-refractivity contribution in [1.82, 2.24) is 9.47 Å². The van der Waals surface area contributed by atoms with Crippen LogP contribution in [0.1, 0.15) is 29.7 Å². The van der Waals surface area contributed by atoms with Gasteiger partial charge in [-0.1, -0.05) is 72.6 Å². The fourth-order valence-corrected chi connectivity index (χ4v) is 4.94. The average Bonchev–Trinajstić information content (AvgIpc) is 3.15. The summed E-state index contributed by atoms with van der Waals surface area (Å²) in [6, 6.07) is 29.3. The fraction of sp³-hybridized carbons (Fsp3) is 0.185. The number of fused-ring (bicyclic) bond motifs is 1. The topological polar surface area (TPSA) is 8.17 Å². The number of aromatic nitrogens is 1. The Morgan fingerprint density at radius 1 is 0.839 bits per heavy atom. The van der Waals surface area contributed by atoms with E-state index in [0.29, 0.717) is 5.92 Å². The summed E-state index contributed by atoms with van der Waals surface area (Å²) in [5, 5.41) is 1.50. The summed E-state index contributed by atoms with van der Waals surface area (Å²) < 4.78 is 2.40. The van der Waals surface area contributed by atoms with Crippen LogP contribution in [0, 0.1) is 0 Å². The highest BCUT2D eigenvalue weighted by atomic mass is 35.5. The Hall–Kier alpha value is -2.52. The molecule has 0 bridgehead atoms. The summed E-state index contributed by atoms with van der Waals surface area (Å²) in [7, 11) is 0. The van der Waals surface area contributed by atoms with Gasteiger partial charge >= 0.3 is 0 Å². The summed E-state index contributed by atoms with van der Waals surface area (Å²) in [6.45, 7) is 5.26. The molecule has 3 aromatic carbocycles. The summed E-state index contributed by atoms with van der Waals surface area (Å²) in [5.74, 6) is 0.407. The van der Waals surface area contributed by atoms with Gasteiger partial charge in [0.1, 0.15) is 0 Å². The van der Waals surface area contributed by atoms with E-state index in [1.165, 1.54) is 22.5 Å². The number of nitrogens with zero attached hydrogens (tertiary/aromatic N) is 2. The van der Waals surface area contributed by atoms with Crippen molar-refractivity contribution < 1.29 is 0 Å². The SMILES string of the molecule is CC1CN(Cc2ccccc2)Cc2cc(-c3ccc(Cl)cc3)n(-c3ccc(Cl)cc3)c21. The molecule has 2 heterocycles. The van der Waals surface area contributed by atoms with Crippen LogP contribution in [0.5, 0.6) is 0 Å². The smallest absolute Gasteiger partial charge is 0.0534 e. The summed E-state index contributed by atoms with van der Waals surface area (Å²) in [5.41, 5.74) is 7.62. The molecule has 31 heavy (non-hydrogen) atoms. The Kier molecular flexibility index (Phi) is 5.62. The van der Waals surface area contributed by atoms with Gasteiger partial charge in [-0.25, -0.2) is 0 Å². The molecule has 1 aromatic heterocycles. The Labute approximate surface area is 193 Å². The molecule has 1 aliphatic rings. The van der Waals surface area contributed by atoms with Crippen LogP contribution in [0.3, 0.4) is 0 Å². The minimum atomic E-state index is 0.407. The van der Waals surface area contributed by atoms with Crippen LogP contribution in [0.25, 0.3) is 16.9 Å². The fourth-order valence-electron chi connectivity index (χ4n) is 4.68. The van der Waals surface area contributed by atoms with E-state index in [2.05, 4.69) is 77.1 Å². The van der Waals surface area contributed by atoms with Gasteiger partial charge < -0.3 is 4.57 Å². The number of hydrogen-bond acceptors (Lipinski definition) is 1. The minimum absolute atomic E-state index is 0.407. The third-order valence-corrected chi connectivity index (χ3v) is 6.49. The van der Waals surface area contributed by atoms with Crippen molar-refractivity contribution >= 4 is 23.2 Å². The van der Waals surface area contributed by atoms with Crippen molar-refractivity contribution in [3.05, 3.63) is 112 Å². The molecule has 1 unspecified atom stereocenters. The molecule has 156 valence electrons. The molecule has 0 N–H and O–H groups in total. The van der Waals surface area contributed by atoms with Crippen LogP contribution < -0.4 is 0 Å². The van der Waals surface area contributed by atoms with Crippen molar-refractivity contribution in [2.75, 3.05) is 6.54 Å². The molecule has 0 aliphatic carbocycles. The highest BCUT2D eigenvalue weighted by Crippen LogP contribution is 2.38. The van der Waals surface area contributed by atoms with Crippen molar-refractivity contribution in [2.24, 2.45) is 0 Å². The summed E-state index contributed by atoms with van der Waals surface area (Å²) >= 11 is 12.4. The van der Waals surface area contributed by atoms with Gasteiger partial charge in [-0.05, 0) is 59.2 Å². The van der Waals surface area contributed by atoms with Gasteiger partial charge in [-0.3, -0.25) is 4.90 Å². The molecule has 0 saturated heterocycles. The van der Waals surface area contributed by atoms with Gasteiger partial charge in [0.25, 0.3) is 0 Å². The molecule has 1 atom stereocenters. The molecule has 2 nitrogen and oxygen atoms in total. The maximum atomic E-state index is 6.18. The molecule has 1 aliphatic heterocycles. The van der Waals surface area contributed by atoms with E-state index in [1.807, 2.05) is 24.3 Å². The van der Waals surface area contributed by atoms with Gasteiger partial charge in [0.05, 0.1) is 5.69 Å². The molecule has 0 amide bonds. The van der Waals surface area contributed by atoms with Crippen molar-refractivity contribution in [1.29, 1.82) is 0 Å². The van der Waals surface area contributed by atoms with Crippen molar-refractivity contribution in [2.45, 2.75) is 25.9 Å². The average molecular weight is 447 g/mol. The molecule has 4 aromatic rings. The third-order valence-electron chi connectivity index (χ3n) is 5.99. The lowest BCUT2D eigenvalue weighted by Crippen LogP contribution is -2.32. The number of rotatable bonds is 4. The number of halogens is 2. The van der Waals surface area contributed by atoms with E-state index in [9.17, 15) is 0 Å². The Balaban J connectivity index is 1.59. The van der Waals surface area contributed by atoms with Crippen LogP contribution in [-0.2, 0) is 13.1 Å². The van der Waals surface area contributed by atoms with Crippen LogP contribution in [0.15, 0.2) is 84.9 Å². The Morgan fingerprint density at radius 3 is 2.16 bits per heavy atom. The van der Waals surface area contributed by atoms with Crippen molar-refractivity contribution in [3.63, 3.8) is 0 Å². The van der Waals surface area contributed by atoms with E-state index in [1.54, 1.807) is 0 Å². The molecule has 0 saturated carbocycles. The molecule has 5 rings (SSSR count). The first-order valence-electron chi connectivity index (χ1n) is 10.6. The maximum absolute atomic E-state index is 6.18. The molecule has 0 radical (unpaired) electrons. The number of benzene rings is 3. The zero-order chi connectivity index (χ0) is 21.4. The van der Waals surface area contributed by atoms with Gasteiger partial charge in [-0.2, -0.15) is 0 Å². The predicted octanol–water partition coefficient (Wildman–Crippen LogP) is 7.57. The first-order valence-corrected chi connectivity index (χ1v) is 11.4. The second kappa shape index (κ2) is 8.55. The van der Waals surface area contributed by atoms with E-state index in [0.717, 1.165) is 40.9 Å². The van der Waals surface area contributed by atoms with Crippen LogP contribution in [-0.4, -0.2) is 16.0 Å². The Bertz CT molecular complexity index is 1180.